The van der Waals surface area contributed by atoms with Crippen LogP contribution in [0.4, 0.5) is 0 Å². The Kier molecular flexibility index (Phi) is 4.43. The van der Waals surface area contributed by atoms with E-state index in [9.17, 15) is 0 Å². The monoisotopic (exact) mass is 526 g/mol. The van der Waals surface area contributed by atoms with E-state index in [1.807, 2.05) is 3.33 Å². The van der Waals surface area contributed by atoms with Crippen molar-refractivity contribution >= 4 is 10.3 Å². The number of rotatable bonds is 4. The van der Waals surface area contributed by atoms with E-state index in [2.05, 4.69) is 84.8 Å². The molecule has 2 heteroatoms. The number of hydrogen-bond acceptors (Lipinski definition) is 0. The molecule has 0 aliphatic heterocycles. The number of benzene rings is 2. The fourth-order valence-corrected chi connectivity index (χ4v) is 29.8. The Labute approximate surface area is 160 Å². The third kappa shape index (κ3) is 2.64. The van der Waals surface area contributed by atoms with Crippen LogP contribution in [0.2, 0.25) is 9.36 Å². The van der Waals surface area contributed by atoms with Gasteiger partial charge in [0.1, 0.15) is 0 Å². The van der Waals surface area contributed by atoms with Gasteiger partial charge in [0.25, 0.3) is 0 Å². The van der Waals surface area contributed by atoms with Crippen LogP contribution in [0.1, 0.15) is 37.8 Å². The van der Waals surface area contributed by atoms with Crippen LogP contribution in [0.5, 0.6) is 0 Å². The van der Waals surface area contributed by atoms with Crippen molar-refractivity contribution in [3.8, 4) is 11.1 Å². The molecule has 0 N–H and O–H groups in total. The van der Waals surface area contributed by atoms with Crippen LogP contribution in [0.25, 0.3) is 11.1 Å². The molecule has 0 fully saturated rings. The Morgan fingerprint density at radius 2 is 1.73 bits per heavy atom. The topological polar surface area (TPSA) is 0 Å². The minimum atomic E-state index is -3.38. The van der Waals surface area contributed by atoms with Gasteiger partial charge in [-0.1, -0.05) is 0 Å². The van der Waals surface area contributed by atoms with Gasteiger partial charge in [-0.25, -0.2) is 0 Å². The number of fused-ring (bicyclic) bond motifs is 3. The van der Waals surface area contributed by atoms with E-state index in [-0.39, 0.29) is 0 Å². The number of hydrogen-bond donors (Lipinski definition) is 0. The molecule has 1 unspecified atom stereocenters. The van der Waals surface area contributed by atoms with E-state index in [1.165, 1.54) is 29.5 Å². The summed E-state index contributed by atoms with van der Waals surface area (Å²) >= 11 is -3.38. The van der Waals surface area contributed by atoms with Crippen LogP contribution >= 0.6 is 0 Å². The van der Waals surface area contributed by atoms with E-state index >= 15 is 0 Å². The Balaban J connectivity index is 1.95. The van der Waals surface area contributed by atoms with Crippen LogP contribution in [0, 0.1) is 5.92 Å². The zero-order chi connectivity index (χ0) is 18.6. The van der Waals surface area contributed by atoms with E-state index in [0.29, 0.717) is 5.92 Å². The predicted molar refractivity (Wildman–Crippen MR) is 115 cm³/mol. The molecule has 1 atom stereocenters. The molecule has 2 aliphatic rings. The van der Waals surface area contributed by atoms with Crippen molar-refractivity contribution in [1.82, 2.24) is 0 Å². The van der Waals surface area contributed by atoms with E-state index in [1.54, 1.807) is 14.5 Å². The molecule has 2 aromatic carbocycles. The molecule has 0 amide bonds. The van der Waals surface area contributed by atoms with Gasteiger partial charge in [0.15, 0.2) is 0 Å². The van der Waals surface area contributed by atoms with Gasteiger partial charge in [-0.15, -0.1) is 0 Å². The van der Waals surface area contributed by atoms with Crippen molar-refractivity contribution in [2.24, 2.45) is 5.92 Å². The zero-order valence-electron chi connectivity index (χ0n) is 16.6. The summed E-state index contributed by atoms with van der Waals surface area (Å²) in [6, 6.07) is 16.2. The SMILES string of the molecule is CCC1=[C]([Hf]([CH3])([CH3])(=[SiH2])[c]2cccc3c2Cc2ccccc2-3)C(CC)C=C1. The van der Waals surface area contributed by atoms with E-state index in [0.717, 1.165) is 6.42 Å². The first-order chi connectivity index (χ1) is 12.4. The zero-order valence-corrected chi connectivity index (χ0v) is 21.6. The third-order valence-corrected chi connectivity index (χ3v) is 29.5. The molecular weight excluding hydrogens is 495 g/mol. The predicted octanol–water partition coefficient (Wildman–Crippen LogP) is 5.48. The Morgan fingerprint density at radius 3 is 2.46 bits per heavy atom. The number of allylic oxidation sites excluding steroid dienone is 4. The fourth-order valence-electron chi connectivity index (χ4n) is 5.47. The van der Waals surface area contributed by atoms with Crippen molar-refractivity contribution in [2.75, 3.05) is 0 Å². The van der Waals surface area contributed by atoms with E-state index in [4.69, 9.17) is 0 Å². The Hall–Kier alpha value is -0.993. The van der Waals surface area contributed by atoms with Crippen molar-refractivity contribution in [2.45, 2.75) is 42.5 Å². The summed E-state index contributed by atoms with van der Waals surface area (Å²) in [5.41, 5.74) is 7.73. The van der Waals surface area contributed by atoms with Gasteiger partial charge in [0, 0.05) is 0 Å². The molecule has 26 heavy (non-hydrogen) atoms. The molecule has 0 nitrogen and oxygen atoms in total. The second-order valence-electron chi connectivity index (χ2n) is 9.02. The summed E-state index contributed by atoms with van der Waals surface area (Å²) in [4.78, 5) is 0. The van der Waals surface area contributed by atoms with Crippen molar-refractivity contribution in [3.05, 3.63) is 74.6 Å². The van der Waals surface area contributed by atoms with Crippen molar-refractivity contribution in [3.63, 3.8) is 0 Å². The first kappa shape index (κ1) is 18.4. The average Bonchev–Trinajstić information content (AvgIpc) is 3.22. The molecule has 134 valence electrons. The summed E-state index contributed by atoms with van der Waals surface area (Å²) in [6.07, 6.45) is 8.45. The van der Waals surface area contributed by atoms with Crippen LogP contribution in [-0.2, 0) is 23.5 Å². The summed E-state index contributed by atoms with van der Waals surface area (Å²) in [5, 5.41) is 0. The quantitative estimate of drug-likeness (QED) is 0.397. The van der Waals surface area contributed by atoms with Gasteiger partial charge in [0.2, 0.25) is 0 Å². The first-order valence-electron chi connectivity index (χ1n) is 10.1. The molecule has 0 bridgehead atoms. The van der Waals surface area contributed by atoms with Gasteiger partial charge < -0.3 is 0 Å². The normalized spacial score (nSPS) is 19.0. The molecular formula is C24H30HfSi. The molecule has 0 heterocycles. The minimum absolute atomic E-state index is 0.660. The summed E-state index contributed by atoms with van der Waals surface area (Å²) in [6.45, 7) is 7.09. The summed E-state index contributed by atoms with van der Waals surface area (Å²) < 4.78 is 8.97. The van der Waals surface area contributed by atoms with Gasteiger partial charge in [-0.2, -0.15) is 0 Å². The molecule has 2 aliphatic carbocycles. The van der Waals surface area contributed by atoms with Gasteiger partial charge in [0.05, 0.1) is 0 Å². The third-order valence-electron chi connectivity index (χ3n) is 6.65. The molecule has 4 rings (SSSR count). The maximum atomic E-state index is 2.69. The van der Waals surface area contributed by atoms with Crippen molar-refractivity contribution < 1.29 is 17.1 Å². The van der Waals surface area contributed by atoms with Gasteiger partial charge in [-0.05, 0) is 0 Å². The Morgan fingerprint density at radius 1 is 1.00 bits per heavy atom. The maximum absolute atomic E-state index is 3.38. The average molecular weight is 525 g/mol. The molecule has 0 saturated heterocycles. The first-order valence-corrected chi connectivity index (χ1v) is 29.2. The molecule has 0 spiro atoms. The second-order valence-corrected chi connectivity index (χ2v) is 49.5. The second kappa shape index (κ2) is 6.27. The standard InChI is InChI=1S/C13H9.C9H13.2CH3.Hf.H2Si/c1-3-7-12-10(5-1)9-11-6-2-4-8-13(11)12;1-3-8-5-6-9(4-2)7-8;;;;/h1-5,7-8H,9H2;5-6,8H,3-4H2,1-2H3;2*1H3;;1H2. The summed E-state index contributed by atoms with van der Waals surface area (Å²) in [5.74, 6) is 0.660. The van der Waals surface area contributed by atoms with Crippen LogP contribution in [0.15, 0.2) is 63.5 Å². The van der Waals surface area contributed by atoms with E-state index < -0.39 is 17.1 Å². The van der Waals surface area contributed by atoms with Crippen LogP contribution in [0.3, 0.4) is 0 Å². The molecule has 0 saturated carbocycles. The fraction of sp³-hybridized carbons (Fsp3) is 0.333. The molecule has 0 radical (unpaired) electrons. The molecule has 0 aromatic heterocycles. The van der Waals surface area contributed by atoms with Crippen LogP contribution < -0.4 is 3.32 Å². The van der Waals surface area contributed by atoms with Crippen molar-refractivity contribution in [1.29, 1.82) is 0 Å². The molecule has 2 aromatic rings. The van der Waals surface area contributed by atoms with Gasteiger partial charge in [-0.3, -0.25) is 0 Å². The van der Waals surface area contributed by atoms with Gasteiger partial charge >= 0.3 is 162 Å². The summed E-state index contributed by atoms with van der Waals surface area (Å²) in [7, 11) is 0. The van der Waals surface area contributed by atoms with Crippen LogP contribution in [-0.4, -0.2) is 6.94 Å². The Bertz CT molecular complexity index is 1020.